The van der Waals surface area contributed by atoms with Gasteiger partial charge in [-0.05, 0) is 53.6 Å². The molecule has 1 aliphatic heterocycles. The van der Waals surface area contributed by atoms with Gasteiger partial charge in [-0.1, -0.05) is 16.8 Å². The molecule has 94 valence electrons. The van der Waals surface area contributed by atoms with Gasteiger partial charge in [0.2, 0.25) is 5.82 Å². The van der Waals surface area contributed by atoms with Crippen LogP contribution in [0, 0.1) is 3.57 Å². The van der Waals surface area contributed by atoms with Crippen LogP contribution >= 0.6 is 34.2 Å². The predicted molar refractivity (Wildman–Crippen MR) is 75.4 cm³/mol. The molecule has 3 rings (SSSR count). The SMILES string of the molecule is Clc1cc(-c2noc([C@H]3CCCO3)n2)ccc1I. The Hall–Kier alpha value is -0.660. The zero-order valence-corrected chi connectivity index (χ0v) is 12.3. The summed E-state index contributed by atoms with van der Waals surface area (Å²) in [6.07, 6.45) is 1.93. The van der Waals surface area contributed by atoms with Crippen LogP contribution in [0.15, 0.2) is 22.7 Å². The monoisotopic (exact) mass is 376 g/mol. The van der Waals surface area contributed by atoms with Gasteiger partial charge in [0, 0.05) is 15.7 Å². The minimum Gasteiger partial charge on any atom is -0.368 e. The summed E-state index contributed by atoms with van der Waals surface area (Å²) in [4.78, 5) is 4.37. The summed E-state index contributed by atoms with van der Waals surface area (Å²) in [5.41, 5.74) is 0.855. The molecule has 1 aliphatic rings. The van der Waals surface area contributed by atoms with E-state index in [-0.39, 0.29) is 6.10 Å². The van der Waals surface area contributed by atoms with E-state index in [0.29, 0.717) is 16.7 Å². The summed E-state index contributed by atoms with van der Waals surface area (Å²) in [7, 11) is 0. The van der Waals surface area contributed by atoms with E-state index in [1.54, 1.807) is 0 Å². The second kappa shape index (κ2) is 5.14. The van der Waals surface area contributed by atoms with Gasteiger partial charge in [0.15, 0.2) is 0 Å². The van der Waals surface area contributed by atoms with Gasteiger partial charge in [-0.25, -0.2) is 0 Å². The van der Waals surface area contributed by atoms with Crippen molar-refractivity contribution < 1.29 is 9.26 Å². The van der Waals surface area contributed by atoms with Gasteiger partial charge in [-0.2, -0.15) is 4.98 Å². The number of ether oxygens (including phenoxy) is 1. The summed E-state index contributed by atoms with van der Waals surface area (Å²) in [5.74, 6) is 1.11. The third-order valence-electron chi connectivity index (χ3n) is 2.82. The third kappa shape index (κ3) is 2.39. The zero-order chi connectivity index (χ0) is 12.5. The van der Waals surface area contributed by atoms with Gasteiger partial charge in [-0.15, -0.1) is 0 Å². The molecule has 0 amide bonds. The summed E-state index contributed by atoms with van der Waals surface area (Å²) in [6.45, 7) is 0.762. The van der Waals surface area contributed by atoms with E-state index in [9.17, 15) is 0 Å². The van der Waals surface area contributed by atoms with Gasteiger partial charge >= 0.3 is 0 Å². The fourth-order valence-electron chi connectivity index (χ4n) is 1.89. The molecule has 0 unspecified atom stereocenters. The number of hydrogen-bond acceptors (Lipinski definition) is 4. The molecule has 0 spiro atoms. The van der Waals surface area contributed by atoms with Gasteiger partial charge < -0.3 is 9.26 Å². The summed E-state index contributed by atoms with van der Waals surface area (Å²) < 4.78 is 11.8. The fraction of sp³-hybridized carbons (Fsp3) is 0.333. The Kier molecular flexibility index (Phi) is 3.54. The Morgan fingerprint density at radius 2 is 2.28 bits per heavy atom. The van der Waals surface area contributed by atoms with E-state index in [0.717, 1.165) is 28.6 Å². The Labute approximate surface area is 123 Å². The van der Waals surface area contributed by atoms with Crippen LogP contribution in [0.5, 0.6) is 0 Å². The first kappa shape index (κ1) is 12.4. The van der Waals surface area contributed by atoms with Crippen molar-refractivity contribution in [1.82, 2.24) is 10.1 Å². The van der Waals surface area contributed by atoms with E-state index in [1.165, 1.54) is 0 Å². The maximum absolute atomic E-state index is 6.08. The molecule has 2 heterocycles. The summed E-state index contributed by atoms with van der Waals surface area (Å²) in [5, 5.41) is 4.67. The number of benzene rings is 1. The molecule has 4 nitrogen and oxygen atoms in total. The van der Waals surface area contributed by atoms with Crippen molar-refractivity contribution in [2.24, 2.45) is 0 Å². The van der Waals surface area contributed by atoms with Crippen LogP contribution in [-0.4, -0.2) is 16.7 Å². The Bertz CT molecular complexity index is 567. The highest BCUT2D eigenvalue weighted by atomic mass is 127. The largest absolute Gasteiger partial charge is 0.368 e. The van der Waals surface area contributed by atoms with Gasteiger partial charge in [-0.3, -0.25) is 0 Å². The van der Waals surface area contributed by atoms with E-state index >= 15 is 0 Å². The third-order valence-corrected chi connectivity index (χ3v) is 4.40. The highest BCUT2D eigenvalue weighted by molar-refractivity contribution is 14.1. The second-order valence-electron chi connectivity index (χ2n) is 4.09. The zero-order valence-electron chi connectivity index (χ0n) is 9.40. The van der Waals surface area contributed by atoms with Crippen LogP contribution in [0.2, 0.25) is 5.02 Å². The quantitative estimate of drug-likeness (QED) is 0.747. The first-order valence-corrected chi connectivity index (χ1v) is 7.10. The average molecular weight is 377 g/mol. The molecule has 0 radical (unpaired) electrons. The van der Waals surface area contributed by atoms with Crippen LogP contribution in [0.3, 0.4) is 0 Å². The molecule has 1 aromatic carbocycles. The van der Waals surface area contributed by atoms with E-state index in [1.807, 2.05) is 18.2 Å². The molecular weight excluding hydrogens is 367 g/mol. The predicted octanol–water partition coefficient (Wildman–Crippen LogP) is 3.85. The van der Waals surface area contributed by atoms with Gasteiger partial charge in [0.25, 0.3) is 5.89 Å². The molecule has 1 saturated heterocycles. The standard InChI is InChI=1S/C12H10ClIN2O2/c13-8-6-7(3-4-9(8)14)11-15-12(18-16-11)10-2-1-5-17-10/h3-4,6,10H,1-2,5H2/t10-/m1/s1. The lowest BCUT2D eigenvalue weighted by Gasteiger charge is -2.00. The number of aromatic nitrogens is 2. The molecule has 0 bridgehead atoms. The highest BCUT2D eigenvalue weighted by Gasteiger charge is 2.24. The number of halogens is 2. The molecule has 0 saturated carbocycles. The minimum absolute atomic E-state index is 0.0504. The molecular formula is C12H10ClIN2O2. The molecule has 6 heteroatoms. The average Bonchev–Trinajstić information content (AvgIpc) is 3.01. The van der Waals surface area contributed by atoms with Crippen LogP contribution < -0.4 is 0 Å². The molecule has 1 atom stereocenters. The van der Waals surface area contributed by atoms with Crippen LogP contribution in [0.25, 0.3) is 11.4 Å². The van der Waals surface area contributed by atoms with Gasteiger partial charge in [0.05, 0.1) is 5.02 Å². The van der Waals surface area contributed by atoms with E-state index < -0.39 is 0 Å². The first-order valence-electron chi connectivity index (χ1n) is 5.64. The number of rotatable bonds is 2. The van der Waals surface area contributed by atoms with Crippen molar-refractivity contribution in [2.75, 3.05) is 6.61 Å². The number of hydrogen-bond donors (Lipinski definition) is 0. The Morgan fingerprint density at radius 1 is 1.39 bits per heavy atom. The molecule has 2 aromatic rings. The minimum atomic E-state index is -0.0504. The summed E-state index contributed by atoms with van der Waals surface area (Å²) in [6, 6.07) is 5.70. The maximum Gasteiger partial charge on any atom is 0.256 e. The highest BCUT2D eigenvalue weighted by Crippen LogP contribution is 2.30. The maximum atomic E-state index is 6.08. The van der Waals surface area contributed by atoms with Crippen LogP contribution in [0.1, 0.15) is 24.8 Å². The smallest absolute Gasteiger partial charge is 0.256 e. The molecule has 0 N–H and O–H groups in total. The lowest BCUT2D eigenvalue weighted by Crippen LogP contribution is -1.95. The molecule has 1 aromatic heterocycles. The second-order valence-corrected chi connectivity index (χ2v) is 5.66. The molecule has 0 aliphatic carbocycles. The van der Waals surface area contributed by atoms with E-state index in [4.69, 9.17) is 20.9 Å². The van der Waals surface area contributed by atoms with Crippen molar-refractivity contribution in [3.8, 4) is 11.4 Å². The van der Waals surface area contributed by atoms with Crippen LogP contribution in [0.4, 0.5) is 0 Å². The normalized spacial score (nSPS) is 19.3. The lowest BCUT2D eigenvalue weighted by molar-refractivity contribution is 0.0835. The van der Waals surface area contributed by atoms with E-state index in [2.05, 4.69) is 32.7 Å². The first-order chi connectivity index (χ1) is 8.74. The van der Waals surface area contributed by atoms with Crippen molar-refractivity contribution in [3.63, 3.8) is 0 Å². The number of nitrogens with zero attached hydrogens (tertiary/aromatic N) is 2. The van der Waals surface area contributed by atoms with Crippen molar-refractivity contribution in [2.45, 2.75) is 18.9 Å². The Morgan fingerprint density at radius 3 is 3.00 bits per heavy atom. The van der Waals surface area contributed by atoms with Crippen molar-refractivity contribution in [1.29, 1.82) is 0 Å². The topological polar surface area (TPSA) is 48.2 Å². The molecule has 18 heavy (non-hydrogen) atoms. The van der Waals surface area contributed by atoms with Gasteiger partial charge in [0.1, 0.15) is 6.10 Å². The molecule has 1 fully saturated rings. The summed E-state index contributed by atoms with van der Waals surface area (Å²) >= 11 is 8.26. The Balaban J connectivity index is 1.89. The van der Waals surface area contributed by atoms with Crippen LogP contribution in [-0.2, 0) is 4.74 Å². The van der Waals surface area contributed by atoms with Crippen molar-refractivity contribution in [3.05, 3.63) is 32.7 Å². The van der Waals surface area contributed by atoms with Crippen molar-refractivity contribution >= 4 is 34.2 Å². The fourth-order valence-corrected chi connectivity index (χ4v) is 2.41. The lowest BCUT2D eigenvalue weighted by atomic mass is 10.2.